The molecule has 4 heteroatoms. The molecule has 0 spiro atoms. The molecule has 0 aromatic heterocycles. The minimum Gasteiger partial charge on any atom is -0.486 e. The Balaban J connectivity index is 2.05. The van der Waals surface area contributed by atoms with Crippen molar-refractivity contribution in [2.24, 2.45) is 0 Å². The Morgan fingerprint density at radius 2 is 2.06 bits per heavy atom. The second-order valence-electron chi connectivity index (χ2n) is 4.32. The van der Waals surface area contributed by atoms with Gasteiger partial charge in [0.05, 0.1) is 0 Å². The van der Waals surface area contributed by atoms with Crippen molar-refractivity contribution in [3.8, 4) is 11.5 Å². The van der Waals surface area contributed by atoms with Crippen LogP contribution in [0.2, 0.25) is 0 Å². The van der Waals surface area contributed by atoms with Gasteiger partial charge in [0.25, 0.3) is 0 Å². The summed E-state index contributed by atoms with van der Waals surface area (Å²) in [7, 11) is 2.01. The molecular weight excluding hydrogens is 246 g/mol. The Labute approximate surface area is 113 Å². The maximum atomic E-state index is 5.62. The second kappa shape index (κ2) is 6.90. The Bertz CT molecular complexity index is 384. The van der Waals surface area contributed by atoms with E-state index in [0.29, 0.717) is 19.3 Å². The van der Waals surface area contributed by atoms with Gasteiger partial charge in [-0.1, -0.05) is 13.0 Å². The normalized spacial score (nSPS) is 15.4. The van der Waals surface area contributed by atoms with Gasteiger partial charge in [0.1, 0.15) is 13.2 Å². The summed E-state index contributed by atoms with van der Waals surface area (Å²) in [4.78, 5) is 0. The van der Waals surface area contributed by atoms with Crippen molar-refractivity contribution in [2.45, 2.75) is 19.4 Å². The van der Waals surface area contributed by atoms with Gasteiger partial charge in [-0.15, -0.1) is 0 Å². The highest BCUT2D eigenvalue weighted by Gasteiger charge is 2.15. The molecule has 0 aliphatic carbocycles. The number of benzene rings is 1. The minimum atomic E-state index is 0.373. The van der Waals surface area contributed by atoms with Gasteiger partial charge >= 0.3 is 0 Å². The highest BCUT2D eigenvalue weighted by atomic mass is 32.2. The highest BCUT2D eigenvalue weighted by molar-refractivity contribution is 7.99. The van der Waals surface area contributed by atoms with Crippen LogP contribution in [0.5, 0.6) is 11.5 Å². The summed E-state index contributed by atoms with van der Waals surface area (Å²) in [5, 5.41) is 3.37. The maximum absolute atomic E-state index is 5.62. The molecule has 1 N–H and O–H groups in total. The van der Waals surface area contributed by atoms with Crippen LogP contribution in [0.25, 0.3) is 0 Å². The molecule has 3 nitrogen and oxygen atoms in total. The summed E-state index contributed by atoms with van der Waals surface area (Å²) in [6.45, 7) is 3.50. The van der Waals surface area contributed by atoms with Crippen LogP contribution in [0, 0.1) is 0 Å². The molecule has 1 aromatic rings. The van der Waals surface area contributed by atoms with Gasteiger partial charge in [-0.25, -0.2) is 0 Å². The van der Waals surface area contributed by atoms with Crippen LogP contribution in [0.15, 0.2) is 18.2 Å². The van der Waals surface area contributed by atoms with E-state index in [0.717, 1.165) is 17.3 Å². The summed E-state index contributed by atoms with van der Waals surface area (Å²) >= 11 is 1.98. The van der Waals surface area contributed by atoms with Crippen molar-refractivity contribution in [3.05, 3.63) is 23.8 Å². The molecule has 1 aromatic carbocycles. The van der Waals surface area contributed by atoms with Crippen molar-refractivity contribution in [2.75, 3.05) is 31.8 Å². The number of rotatable bonds is 6. The summed E-state index contributed by atoms with van der Waals surface area (Å²) < 4.78 is 11.2. The zero-order valence-electron chi connectivity index (χ0n) is 11.1. The number of ether oxygens (including phenoxy) is 2. The molecule has 1 atom stereocenters. The van der Waals surface area contributed by atoms with E-state index in [4.69, 9.17) is 9.47 Å². The summed E-state index contributed by atoms with van der Waals surface area (Å²) in [5.74, 6) is 4.03. The molecule has 0 saturated carbocycles. The SMILES string of the molecule is CCCSCC(NC)c1ccc2c(c1)OCCO2. The number of nitrogens with one attached hydrogen (secondary N) is 1. The molecule has 0 saturated heterocycles. The van der Waals surface area contributed by atoms with E-state index in [9.17, 15) is 0 Å². The number of thioether (sulfide) groups is 1. The molecule has 0 radical (unpaired) electrons. The fourth-order valence-corrected chi connectivity index (χ4v) is 3.02. The first kappa shape index (κ1) is 13.6. The third-order valence-electron chi connectivity index (χ3n) is 2.95. The number of fused-ring (bicyclic) bond motifs is 1. The lowest BCUT2D eigenvalue weighted by molar-refractivity contribution is 0.171. The number of hydrogen-bond acceptors (Lipinski definition) is 4. The molecule has 2 rings (SSSR count). The van der Waals surface area contributed by atoms with Crippen molar-refractivity contribution in [1.82, 2.24) is 5.32 Å². The van der Waals surface area contributed by atoms with Gasteiger partial charge in [0.2, 0.25) is 0 Å². The van der Waals surface area contributed by atoms with Gasteiger partial charge in [0.15, 0.2) is 11.5 Å². The van der Waals surface area contributed by atoms with Gasteiger partial charge in [-0.2, -0.15) is 11.8 Å². The maximum Gasteiger partial charge on any atom is 0.161 e. The van der Waals surface area contributed by atoms with Crippen LogP contribution in [0.4, 0.5) is 0 Å². The van der Waals surface area contributed by atoms with E-state index in [1.54, 1.807) is 0 Å². The fourth-order valence-electron chi connectivity index (χ4n) is 1.97. The average Bonchev–Trinajstić information content (AvgIpc) is 2.43. The Kier molecular flexibility index (Phi) is 5.20. The molecule has 0 amide bonds. The predicted octanol–water partition coefficient (Wildman–Crippen LogP) is 2.86. The number of hydrogen-bond donors (Lipinski definition) is 1. The lowest BCUT2D eigenvalue weighted by atomic mass is 10.1. The van der Waals surface area contributed by atoms with E-state index < -0.39 is 0 Å². The summed E-state index contributed by atoms with van der Waals surface area (Å²) in [6, 6.07) is 6.61. The summed E-state index contributed by atoms with van der Waals surface area (Å²) in [6.07, 6.45) is 1.22. The lowest BCUT2D eigenvalue weighted by Gasteiger charge is -2.22. The van der Waals surface area contributed by atoms with E-state index in [1.165, 1.54) is 17.7 Å². The molecule has 1 unspecified atom stereocenters. The van der Waals surface area contributed by atoms with E-state index in [-0.39, 0.29) is 0 Å². The Morgan fingerprint density at radius 3 is 2.78 bits per heavy atom. The standard InChI is InChI=1S/C14H21NO2S/c1-3-8-18-10-12(15-2)11-4-5-13-14(9-11)17-7-6-16-13/h4-5,9,12,15H,3,6-8,10H2,1-2H3. The smallest absolute Gasteiger partial charge is 0.161 e. The quantitative estimate of drug-likeness (QED) is 0.803. The molecule has 1 heterocycles. The molecule has 0 fully saturated rings. The zero-order valence-corrected chi connectivity index (χ0v) is 11.9. The van der Waals surface area contributed by atoms with E-state index in [2.05, 4.69) is 24.4 Å². The molecule has 0 bridgehead atoms. The third-order valence-corrected chi connectivity index (χ3v) is 4.22. The molecule has 100 valence electrons. The summed E-state index contributed by atoms with van der Waals surface area (Å²) in [5.41, 5.74) is 1.27. The largest absolute Gasteiger partial charge is 0.486 e. The van der Waals surface area contributed by atoms with Crippen LogP contribution < -0.4 is 14.8 Å². The van der Waals surface area contributed by atoms with Crippen LogP contribution in [-0.4, -0.2) is 31.8 Å². The van der Waals surface area contributed by atoms with Crippen LogP contribution in [0.3, 0.4) is 0 Å². The highest BCUT2D eigenvalue weighted by Crippen LogP contribution is 2.33. The van der Waals surface area contributed by atoms with Crippen molar-refractivity contribution in [1.29, 1.82) is 0 Å². The van der Waals surface area contributed by atoms with Crippen molar-refractivity contribution < 1.29 is 9.47 Å². The van der Waals surface area contributed by atoms with Crippen LogP contribution in [-0.2, 0) is 0 Å². The predicted molar refractivity (Wildman–Crippen MR) is 76.8 cm³/mol. The second-order valence-corrected chi connectivity index (χ2v) is 5.47. The van der Waals surface area contributed by atoms with Crippen LogP contribution >= 0.6 is 11.8 Å². The monoisotopic (exact) mass is 267 g/mol. The van der Waals surface area contributed by atoms with E-state index in [1.807, 2.05) is 24.9 Å². The molecular formula is C14H21NO2S. The van der Waals surface area contributed by atoms with Crippen LogP contribution in [0.1, 0.15) is 24.9 Å². The van der Waals surface area contributed by atoms with Crippen molar-refractivity contribution >= 4 is 11.8 Å². The van der Waals surface area contributed by atoms with Gasteiger partial charge < -0.3 is 14.8 Å². The minimum absolute atomic E-state index is 0.373. The first-order chi connectivity index (χ1) is 8.85. The van der Waals surface area contributed by atoms with Gasteiger partial charge in [-0.05, 0) is 36.9 Å². The van der Waals surface area contributed by atoms with Gasteiger partial charge in [0, 0.05) is 11.8 Å². The Hall–Kier alpha value is -0.870. The molecule has 18 heavy (non-hydrogen) atoms. The fraction of sp³-hybridized carbons (Fsp3) is 0.571. The van der Waals surface area contributed by atoms with Crippen molar-refractivity contribution in [3.63, 3.8) is 0 Å². The first-order valence-electron chi connectivity index (χ1n) is 6.49. The van der Waals surface area contributed by atoms with Gasteiger partial charge in [-0.3, -0.25) is 0 Å². The third kappa shape index (κ3) is 3.33. The molecule has 1 aliphatic rings. The molecule has 1 aliphatic heterocycles. The topological polar surface area (TPSA) is 30.5 Å². The average molecular weight is 267 g/mol. The first-order valence-corrected chi connectivity index (χ1v) is 7.65. The Morgan fingerprint density at radius 1 is 1.28 bits per heavy atom. The van der Waals surface area contributed by atoms with E-state index >= 15 is 0 Å². The zero-order chi connectivity index (χ0) is 12.8. The lowest BCUT2D eigenvalue weighted by Crippen LogP contribution is -2.20.